The lowest BCUT2D eigenvalue weighted by atomic mass is 9.73. The zero-order valence-corrected chi connectivity index (χ0v) is 19.1. The Labute approximate surface area is 184 Å². The monoisotopic (exact) mass is 482 g/mol. The number of hydrogen-bond donors (Lipinski definition) is 0. The summed E-state index contributed by atoms with van der Waals surface area (Å²) in [6.45, 7) is 10.6. The first-order valence-corrected chi connectivity index (χ1v) is 10.5. The van der Waals surface area contributed by atoms with E-state index in [-0.39, 0.29) is 13.2 Å². The molecule has 0 unspecified atom stereocenters. The lowest BCUT2D eigenvalue weighted by Gasteiger charge is -2.32. The van der Waals surface area contributed by atoms with E-state index >= 15 is 0 Å². The van der Waals surface area contributed by atoms with Crippen LogP contribution in [0.15, 0.2) is 41.4 Å². The van der Waals surface area contributed by atoms with Crippen LogP contribution in [0.5, 0.6) is 0 Å². The number of nitro groups is 1. The number of carbonyl (C=O) groups is 2. The minimum absolute atomic E-state index is 0.0864. The number of halogens is 1. The van der Waals surface area contributed by atoms with Gasteiger partial charge in [-0.3, -0.25) is 15.0 Å². The highest BCUT2D eigenvalue weighted by Gasteiger charge is 2.64. The van der Waals surface area contributed by atoms with E-state index in [1.165, 1.54) is 11.0 Å². The predicted molar refractivity (Wildman–Crippen MR) is 114 cm³/mol. The molecule has 164 valence electrons. The third-order valence-electron chi connectivity index (χ3n) is 5.16. The molecule has 1 aliphatic heterocycles. The lowest BCUT2D eigenvalue weighted by Crippen LogP contribution is -2.48. The van der Waals surface area contributed by atoms with Gasteiger partial charge in [0.25, 0.3) is 0 Å². The number of carbonyl (C=O) groups excluding carboxylic acids is 2. The molecule has 8 nitrogen and oxygen atoms in total. The highest BCUT2D eigenvalue weighted by molar-refractivity contribution is 9.10. The molecule has 1 amide bonds. The van der Waals surface area contributed by atoms with Crippen molar-refractivity contribution in [2.45, 2.75) is 45.8 Å². The van der Waals surface area contributed by atoms with Crippen LogP contribution in [0, 0.1) is 21.4 Å². The van der Waals surface area contributed by atoms with Gasteiger partial charge in [0.15, 0.2) is 0 Å². The van der Waals surface area contributed by atoms with Crippen LogP contribution < -0.4 is 0 Å². The number of likely N-dealkylation sites (tertiary alicyclic amines) is 1. The molecular weight excluding hydrogens is 456 g/mol. The van der Waals surface area contributed by atoms with Crippen LogP contribution in [0.3, 0.4) is 0 Å². The molecule has 0 aromatic heterocycles. The minimum Gasteiger partial charge on any atom is -0.464 e. The molecular formula is C21H27BrN2O6. The van der Waals surface area contributed by atoms with Crippen molar-refractivity contribution in [3.8, 4) is 0 Å². The second kappa shape index (κ2) is 9.59. The normalized spacial score (nSPS) is 23.7. The van der Waals surface area contributed by atoms with Gasteiger partial charge in [-0.05, 0) is 24.0 Å². The molecule has 1 saturated heterocycles. The molecule has 0 spiro atoms. The number of ether oxygens (including phenoxy) is 2. The van der Waals surface area contributed by atoms with E-state index in [9.17, 15) is 19.7 Å². The summed E-state index contributed by atoms with van der Waals surface area (Å²) < 4.78 is 11.1. The summed E-state index contributed by atoms with van der Waals surface area (Å²) >= 11 is 3.44. The van der Waals surface area contributed by atoms with Crippen molar-refractivity contribution < 1.29 is 24.0 Å². The van der Waals surface area contributed by atoms with E-state index in [0.29, 0.717) is 10.0 Å². The van der Waals surface area contributed by atoms with Crippen LogP contribution in [-0.4, -0.2) is 47.2 Å². The molecule has 1 aliphatic rings. The summed E-state index contributed by atoms with van der Waals surface area (Å²) in [5.74, 6) is -1.49. The average Bonchev–Trinajstić information content (AvgIpc) is 3.03. The average molecular weight is 483 g/mol. The summed E-state index contributed by atoms with van der Waals surface area (Å²) in [6.07, 6.45) is 0.569. The summed E-state index contributed by atoms with van der Waals surface area (Å²) in [5, 5.41) is 12.3. The quantitative estimate of drug-likeness (QED) is 0.258. The van der Waals surface area contributed by atoms with E-state index < -0.39 is 46.4 Å². The molecule has 9 heteroatoms. The maximum Gasteiger partial charge on any atom is 0.411 e. The van der Waals surface area contributed by atoms with E-state index in [4.69, 9.17) is 9.47 Å². The van der Waals surface area contributed by atoms with Crippen molar-refractivity contribution in [1.29, 1.82) is 0 Å². The van der Waals surface area contributed by atoms with Crippen LogP contribution >= 0.6 is 15.9 Å². The van der Waals surface area contributed by atoms with Crippen LogP contribution in [0.1, 0.15) is 39.3 Å². The Bertz CT molecular complexity index is 822. The van der Waals surface area contributed by atoms with Crippen LogP contribution in [0.2, 0.25) is 0 Å². The van der Waals surface area contributed by atoms with Gasteiger partial charge < -0.3 is 9.47 Å². The van der Waals surface area contributed by atoms with Gasteiger partial charge in [-0.2, -0.15) is 0 Å². The van der Waals surface area contributed by atoms with Crippen molar-refractivity contribution in [2.75, 3.05) is 13.2 Å². The zero-order chi connectivity index (χ0) is 22.6. The molecule has 4 atom stereocenters. The zero-order valence-electron chi connectivity index (χ0n) is 17.5. The summed E-state index contributed by atoms with van der Waals surface area (Å²) in [6, 6.07) is 3.51. The molecule has 1 aromatic rings. The third-order valence-corrected chi connectivity index (χ3v) is 5.88. The lowest BCUT2D eigenvalue weighted by molar-refractivity contribution is -0.536. The van der Waals surface area contributed by atoms with Crippen molar-refractivity contribution in [1.82, 2.24) is 4.90 Å². The molecule has 0 aliphatic carbocycles. The molecule has 30 heavy (non-hydrogen) atoms. The highest BCUT2D eigenvalue weighted by Crippen LogP contribution is 2.50. The fourth-order valence-corrected chi connectivity index (χ4v) is 4.61. The van der Waals surface area contributed by atoms with Gasteiger partial charge in [-0.25, -0.2) is 9.59 Å². The van der Waals surface area contributed by atoms with Gasteiger partial charge in [-0.15, -0.1) is 0 Å². The maximum absolute atomic E-state index is 13.1. The Morgan fingerprint density at radius 1 is 1.30 bits per heavy atom. The van der Waals surface area contributed by atoms with Crippen molar-refractivity contribution >= 4 is 28.0 Å². The predicted octanol–water partition coefficient (Wildman–Crippen LogP) is 4.37. The highest BCUT2D eigenvalue weighted by atomic mass is 79.9. The SMILES string of the molecule is C=CCOC(=O)N1[C@H](C(=O)OCC)[C@@H](C(C)(C)C)[C@H]([N+](=O)[O-])[C@@H]1c1ccccc1Br. The van der Waals surface area contributed by atoms with Gasteiger partial charge in [0.05, 0.1) is 12.5 Å². The maximum atomic E-state index is 13.1. The molecule has 1 aromatic carbocycles. The number of rotatable bonds is 6. The second-order valence-corrected chi connectivity index (χ2v) is 8.96. The van der Waals surface area contributed by atoms with Gasteiger partial charge in [0.1, 0.15) is 18.7 Å². The fraction of sp³-hybridized carbons (Fsp3) is 0.524. The molecule has 0 radical (unpaired) electrons. The first-order valence-electron chi connectivity index (χ1n) is 9.66. The Hall–Kier alpha value is -2.42. The standard InChI is InChI=1S/C21H27BrN2O6/c1-6-12-30-20(26)23-16(13-10-8-9-11-14(13)22)17(24(27)28)15(21(3,4)5)18(23)19(25)29-7-2/h6,8-11,15-18H,1,7,12H2,2-5H3/t15-,16-,17-,18-/m0/s1. The third kappa shape index (κ3) is 4.66. The number of hydrogen-bond acceptors (Lipinski definition) is 6. The topological polar surface area (TPSA) is 99.0 Å². The van der Waals surface area contributed by atoms with Crippen molar-refractivity contribution in [2.24, 2.45) is 11.3 Å². The first kappa shape index (κ1) is 23.9. The second-order valence-electron chi connectivity index (χ2n) is 8.10. The summed E-state index contributed by atoms with van der Waals surface area (Å²) in [4.78, 5) is 39.1. The van der Waals surface area contributed by atoms with Crippen molar-refractivity contribution in [3.63, 3.8) is 0 Å². The van der Waals surface area contributed by atoms with Gasteiger partial charge in [0.2, 0.25) is 6.04 Å². The van der Waals surface area contributed by atoms with Gasteiger partial charge >= 0.3 is 12.1 Å². The number of amides is 1. The Kier molecular flexibility index (Phi) is 7.63. The molecule has 2 rings (SSSR count). The molecule has 0 N–H and O–H groups in total. The van der Waals surface area contributed by atoms with Gasteiger partial charge in [0, 0.05) is 9.40 Å². The smallest absolute Gasteiger partial charge is 0.411 e. The van der Waals surface area contributed by atoms with Crippen LogP contribution in [0.4, 0.5) is 4.79 Å². The molecule has 0 saturated carbocycles. The van der Waals surface area contributed by atoms with E-state index in [0.717, 1.165) is 0 Å². The van der Waals surface area contributed by atoms with E-state index in [1.54, 1.807) is 31.2 Å². The van der Waals surface area contributed by atoms with Crippen LogP contribution in [0.25, 0.3) is 0 Å². The molecule has 1 fully saturated rings. The first-order chi connectivity index (χ1) is 14.1. The number of esters is 1. The summed E-state index contributed by atoms with van der Waals surface area (Å²) in [5.41, 5.74) is -0.155. The molecule has 0 bridgehead atoms. The van der Waals surface area contributed by atoms with E-state index in [2.05, 4.69) is 22.5 Å². The number of benzene rings is 1. The van der Waals surface area contributed by atoms with Crippen LogP contribution in [-0.2, 0) is 14.3 Å². The van der Waals surface area contributed by atoms with Crippen molar-refractivity contribution in [3.05, 3.63) is 57.1 Å². The Balaban J connectivity index is 2.76. The fourth-order valence-electron chi connectivity index (χ4n) is 4.09. The van der Waals surface area contributed by atoms with E-state index in [1.807, 2.05) is 20.8 Å². The summed E-state index contributed by atoms with van der Waals surface area (Å²) in [7, 11) is 0. The Morgan fingerprint density at radius 2 is 1.93 bits per heavy atom. The minimum atomic E-state index is -1.24. The largest absolute Gasteiger partial charge is 0.464 e. The Morgan fingerprint density at radius 3 is 2.43 bits per heavy atom. The van der Waals surface area contributed by atoms with Gasteiger partial charge in [-0.1, -0.05) is 67.6 Å². The molecule has 1 heterocycles. The number of nitrogens with zero attached hydrogens (tertiary/aromatic N) is 2.